The van der Waals surface area contributed by atoms with Crippen LogP contribution in [0.5, 0.6) is 0 Å². The Balaban J connectivity index is 1.74. The van der Waals surface area contributed by atoms with E-state index in [2.05, 4.69) is 103 Å². The molecule has 0 radical (unpaired) electrons. The summed E-state index contributed by atoms with van der Waals surface area (Å²) < 4.78 is 0. The van der Waals surface area contributed by atoms with Crippen molar-refractivity contribution in [3.8, 4) is 22.3 Å². The molecule has 4 aromatic carbocycles. The third kappa shape index (κ3) is 2.30. The Morgan fingerprint density at radius 1 is 0.440 bits per heavy atom. The Kier molecular flexibility index (Phi) is 3.28. The van der Waals surface area contributed by atoms with Crippen molar-refractivity contribution in [2.45, 2.75) is 5.92 Å². The van der Waals surface area contributed by atoms with E-state index in [9.17, 15) is 0 Å². The molecule has 1 aliphatic rings. The highest BCUT2D eigenvalue weighted by Gasteiger charge is 2.29. The lowest BCUT2D eigenvalue weighted by Crippen LogP contribution is -1.99. The number of hydrogen-bond acceptors (Lipinski definition) is 0. The van der Waals surface area contributed by atoms with E-state index in [0.29, 0.717) is 5.92 Å². The fraction of sp³-hybridized carbons (Fsp3) is 0.0400. The molecule has 25 heavy (non-hydrogen) atoms. The topological polar surface area (TPSA) is 0 Å². The van der Waals surface area contributed by atoms with Crippen LogP contribution in [-0.4, -0.2) is 0 Å². The summed E-state index contributed by atoms with van der Waals surface area (Å²) in [5.74, 6) is 0.316. The minimum absolute atomic E-state index is 0.316. The van der Waals surface area contributed by atoms with Gasteiger partial charge in [0, 0.05) is 5.92 Å². The second kappa shape index (κ2) is 5.75. The van der Waals surface area contributed by atoms with Crippen LogP contribution in [0.4, 0.5) is 0 Å². The second-order valence-electron chi connectivity index (χ2n) is 6.60. The summed E-state index contributed by atoms with van der Waals surface area (Å²) in [6.45, 7) is 0. The van der Waals surface area contributed by atoms with Gasteiger partial charge in [0.25, 0.3) is 0 Å². The fourth-order valence-electron chi connectivity index (χ4n) is 4.02. The fourth-order valence-corrected chi connectivity index (χ4v) is 4.02. The number of rotatable bonds is 2. The summed E-state index contributed by atoms with van der Waals surface area (Å²) in [5.41, 5.74) is 9.47. The van der Waals surface area contributed by atoms with Crippen molar-refractivity contribution in [1.29, 1.82) is 0 Å². The number of fused-ring (bicyclic) bond motifs is 3. The van der Waals surface area contributed by atoms with E-state index in [1.807, 2.05) is 0 Å². The van der Waals surface area contributed by atoms with Gasteiger partial charge < -0.3 is 0 Å². The van der Waals surface area contributed by atoms with Crippen molar-refractivity contribution in [1.82, 2.24) is 0 Å². The lowest BCUT2D eigenvalue weighted by molar-refractivity contribution is 1.02. The Bertz CT molecular complexity index is 1030. The van der Waals surface area contributed by atoms with E-state index in [1.54, 1.807) is 0 Å². The van der Waals surface area contributed by atoms with Crippen LogP contribution in [0.2, 0.25) is 0 Å². The van der Waals surface area contributed by atoms with Gasteiger partial charge in [-0.1, -0.05) is 97.1 Å². The maximum Gasteiger partial charge on any atom is 0.0352 e. The van der Waals surface area contributed by atoms with Gasteiger partial charge in [-0.3, -0.25) is 0 Å². The molecule has 0 N–H and O–H groups in total. The van der Waals surface area contributed by atoms with Crippen LogP contribution >= 0.6 is 0 Å². The van der Waals surface area contributed by atoms with Crippen molar-refractivity contribution in [2.75, 3.05) is 0 Å². The Labute approximate surface area is 148 Å². The summed E-state index contributed by atoms with van der Waals surface area (Å²) in [4.78, 5) is 0. The van der Waals surface area contributed by atoms with Crippen molar-refractivity contribution >= 4 is 0 Å². The molecule has 0 spiro atoms. The van der Waals surface area contributed by atoms with Crippen molar-refractivity contribution in [2.24, 2.45) is 0 Å². The summed E-state index contributed by atoms with van der Waals surface area (Å²) in [6.07, 6.45) is 0. The van der Waals surface area contributed by atoms with Gasteiger partial charge in [0.05, 0.1) is 0 Å². The van der Waals surface area contributed by atoms with Gasteiger partial charge in [0.15, 0.2) is 0 Å². The molecule has 0 amide bonds. The third-order valence-corrected chi connectivity index (χ3v) is 5.16. The van der Waals surface area contributed by atoms with Crippen molar-refractivity contribution in [3.05, 3.63) is 120 Å². The first-order valence-electron chi connectivity index (χ1n) is 8.75. The van der Waals surface area contributed by atoms with Crippen LogP contribution in [0.15, 0.2) is 103 Å². The Hall–Kier alpha value is -3.12. The average molecular weight is 318 g/mol. The first kappa shape index (κ1) is 14.2. The van der Waals surface area contributed by atoms with Crippen LogP contribution in [0, 0.1) is 0 Å². The largest absolute Gasteiger partial charge is 0.0622 e. The van der Waals surface area contributed by atoms with E-state index < -0.39 is 0 Å². The molecular formula is C25H18. The molecule has 0 aliphatic heterocycles. The Morgan fingerprint density at radius 3 is 1.88 bits per heavy atom. The summed E-state index contributed by atoms with van der Waals surface area (Å²) in [6, 6.07) is 37.2. The highest BCUT2D eigenvalue weighted by atomic mass is 14.3. The molecule has 0 fully saturated rings. The molecule has 0 heteroatoms. The second-order valence-corrected chi connectivity index (χ2v) is 6.60. The Morgan fingerprint density at radius 2 is 1.08 bits per heavy atom. The number of benzene rings is 4. The molecule has 118 valence electrons. The summed E-state index contributed by atoms with van der Waals surface area (Å²) >= 11 is 0. The SMILES string of the molecule is c1ccc(-c2ccc3c(c2)C(c2ccccc2)c2ccccc2-3)cc1. The minimum Gasteiger partial charge on any atom is -0.0622 e. The van der Waals surface area contributed by atoms with Crippen molar-refractivity contribution < 1.29 is 0 Å². The van der Waals surface area contributed by atoms with Gasteiger partial charge in [-0.25, -0.2) is 0 Å². The van der Waals surface area contributed by atoms with E-state index >= 15 is 0 Å². The lowest BCUT2D eigenvalue weighted by Gasteiger charge is -2.15. The van der Waals surface area contributed by atoms with E-state index in [1.165, 1.54) is 38.9 Å². The van der Waals surface area contributed by atoms with Gasteiger partial charge in [-0.2, -0.15) is 0 Å². The molecule has 1 atom stereocenters. The lowest BCUT2D eigenvalue weighted by atomic mass is 9.88. The van der Waals surface area contributed by atoms with Crippen molar-refractivity contribution in [3.63, 3.8) is 0 Å². The molecule has 5 rings (SSSR count). The monoisotopic (exact) mass is 318 g/mol. The van der Waals surface area contributed by atoms with Gasteiger partial charge >= 0.3 is 0 Å². The molecule has 1 aliphatic carbocycles. The molecular weight excluding hydrogens is 300 g/mol. The standard InChI is InChI=1S/C25H18/c1-3-9-18(10-4-1)20-15-16-22-21-13-7-8-14-23(21)25(24(22)17-20)19-11-5-2-6-12-19/h1-17,25H. The predicted octanol–water partition coefficient (Wildman–Crippen LogP) is 6.51. The highest BCUT2D eigenvalue weighted by molar-refractivity contribution is 5.83. The minimum atomic E-state index is 0.316. The van der Waals surface area contributed by atoms with Gasteiger partial charge in [0.2, 0.25) is 0 Å². The first-order valence-corrected chi connectivity index (χ1v) is 8.75. The molecule has 0 bridgehead atoms. The van der Waals surface area contributed by atoms with Crippen LogP contribution in [0.25, 0.3) is 22.3 Å². The molecule has 0 heterocycles. The van der Waals surface area contributed by atoms with Crippen LogP contribution in [-0.2, 0) is 0 Å². The zero-order chi connectivity index (χ0) is 16.6. The maximum absolute atomic E-state index is 2.38. The third-order valence-electron chi connectivity index (χ3n) is 5.16. The van der Waals surface area contributed by atoms with Crippen LogP contribution in [0.3, 0.4) is 0 Å². The highest BCUT2D eigenvalue weighted by Crippen LogP contribution is 2.48. The van der Waals surface area contributed by atoms with E-state index in [0.717, 1.165) is 0 Å². The quantitative estimate of drug-likeness (QED) is 0.348. The summed E-state index contributed by atoms with van der Waals surface area (Å²) in [7, 11) is 0. The number of hydrogen-bond donors (Lipinski definition) is 0. The summed E-state index contributed by atoms with van der Waals surface area (Å²) in [5, 5.41) is 0. The average Bonchev–Trinajstić information content (AvgIpc) is 3.03. The smallest absolute Gasteiger partial charge is 0.0352 e. The van der Waals surface area contributed by atoms with Gasteiger partial charge in [0.1, 0.15) is 0 Å². The maximum atomic E-state index is 2.38. The molecule has 0 saturated heterocycles. The van der Waals surface area contributed by atoms with E-state index in [-0.39, 0.29) is 0 Å². The van der Waals surface area contributed by atoms with Gasteiger partial charge in [-0.05, 0) is 45.0 Å². The molecule has 1 unspecified atom stereocenters. The molecule has 0 saturated carbocycles. The zero-order valence-corrected chi connectivity index (χ0v) is 13.9. The predicted molar refractivity (Wildman–Crippen MR) is 105 cm³/mol. The van der Waals surface area contributed by atoms with E-state index in [4.69, 9.17) is 0 Å². The zero-order valence-electron chi connectivity index (χ0n) is 13.9. The molecule has 0 nitrogen and oxygen atoms in total. The van der Waals surface area contributed by atoms with Crippen LogP contribution < -0.4 is 0 Å². The molecule has 4 aromatic rings. The van der Waals surface area contributed by atoms with Gasteiger partial charge in [-0.15, -0.1) is 0 Å². The first-order chi connectivity index (χ1) is 12.4. The molecule has 0 aromatic heterocycles. The normalized spacial score (nSPS) is 14.8. The van der Waals surface area contributed by atoms with Crippen LogP contribution in [0.1, 0.15) is 22.6 Å².